The predicted molar refractivity (Wildman–Crippen MR) is 85.7 cm³/mol. The van der Waals surface area contributed by atoms with Crippen LogP contribution in [-0.2, 0) is 4.74 Å². The van der Waals surface area contributed by atoms with E-state index in [1.807, 2.05) is 18.7 Å². The molecule has 0 bridgehead atoms. The lowest BCUT2D eigenvalue weighted by Crippen LogP contribution is -2.60. The Kier molecular flexibility index (Phi) is 3.92. The molecule has 1 aromatic rings. The van der Waals surface area contributed by atoms with E-state index >= 15 is 0 Å². The highest BCUT2D eigenvalue weighted by Crippen LogP contribution is 2.40. The smallest absolute Gasteiger partial charge is 0.335 e. The van der Waals surface area contributed by atoms with Crippen LogP contribution < -0.4 is 0 Å². The first kappa shape index (κ1) is 16.0. The van der Waals surface area contributed by atoms with Crippen molar-refractivity contribution in [3.63, 3.8) is 0 Å². The van der Waals surface area contributed by atoms with Gasteiger partial charge in [-0.25, -0.2) is 4.79 Å². The fraction of sp³-hybridized carbons (Fsp3) is 0.556. The van der Waals surface area contributed by atoms with E-state index in [0.717, 1.165) is 25.7 Å². The third-order valence-corrected chi connectivity index (χ3v) is 4.70. The maximum atomic E-state index is 12.9. The van der Waals surface area contributed by atoms with Crippen LogP contribution in [0.5, 0.6) is 0 Å². The highest BCUT2D eigenvalue weighted by molar-refractivity contribution is 5.97. The molecule has 0 atom stereocenters. The lowest BCUT2D eigenvalue weighted by Gasteiger charge is -2.48. The fourth-order valence-corrected chi connectivity index (χ4v) is 3.90. The monoisotopic (exact) mass is 317 g/mol. The number of aromatic carboxylic acids is 1. The van der Waals surface area contributed by atoms with Gasteiger partial charge in [-0.05, 0) is 44.9 Å². The van der Waals surface area contributed by atoms with E-state index in [2.05, 4.69) is 0 Å². The van der Waals surface area contributed by atoms with Gasteiger partial charge in [0.15, 0.2) is 0 Å². The molecule has 1 N–H and O–H groups in total. The summed E-state index contributed by atoms with van der Waals surface area (Å²) in [5.74, 6) is -1.13. The number of carbonyl (C=O) groups excluding carboxylic acids is 1. The summed E-state index contributed by atoms with van der Waals surface area (Å²) in [6.45, 7) is 5.14. The highest BCUT2D eigenvalue weighted by Gasteiger charge is 2.47. The molecule has 1 aromatic carbocycles. The van der Waals surface area contributed by atoms with Crippen molar-refractivity contribution in [1.82, 2.24) is 4.90 Å². The van der Waals surface area contributed by atoms with Gasteiger partial charge in [0.05, 0.1) is 23.3 Å². The normalized spacial score (nSPS) is 22.3. The quantitative estimate of drug-likeness (QED) is 0.910. The molecule has 1 saturated heterocycles. The Balaban J connectivity index is 1.86. The number of carboxylic acid groups (broad SMARTS) is 1. The molecular formula is C18H23NO4. The van der Waals surface area contributed by atoms with Crippen LogP contribution in [0.25, 0.3) is 0 Å². The number of carboxylic acids is 1. The van der Waals surface area contributed by atoms with Crippen LogP contribution in [0.4, 0.5) is 0 Å². The lowest BCUT2D eigenvalue weighted by atomic mass is 9.93. The standard InChI is InChI=1S/C18H23NO4/c1-17(2)11-19(12-18(23-17)8-3-4-9-18)15(20)13-6-5-7-14(10-13)16(21)22/h5-7,10H,3-4,8-9,11-12H2,1-2H3,(H,21,22). The molecule has 0 unspecified atom stereocenters. The average molecular weight is 317 g/mol. The number of amides is 1. The molecule has 1 amide bonds. The molecule has 1 saturated carbocycles. The molecule has 5 heteroatoms. The Morgan fingerprint density at radius 1 is 1.13 bits per heavy atom. The number of morpholine rings is 1. The van der Waals surface area contributed by atoms with Crippen LogP contribution >= 0.6 is 0 Å². The van der Waals surface area contributed by atoms with Crippen molar-refractivity contribution in [3.8, 4) is 0 Å². The molecule has 1 heterocycles. The van der Waals surface area contributed by atoms with E-state index in [-0.39, 0.29) is 22.7 Å². The number of hydrogen-bond donors (Lipinski definition) is 1. The van der Waals surface area contributed by atoms with Crippen LogP contribution in [-0.4, -0.2) is 46.2 Å². The number of ether oxygens (including phenoxy) is 1. The molecular weight excluding hydrogens is 294 g/mol. The summed E-state index contributed by atoms with van der Waals surface area (Å²) in [5.41, 5.74) is -0.0560. The average Bonchev–Trinajstić information content (AvgIpc) is 2.92. The molecule has 1 spiro atoms. The first-order chi connectivity index (χ1) is 10.8. The van der Waals surface area contributed by atoms with Crippen molar-refractivity contribution < 1.29 is 19.4 Å². The maximum Gasteiger partial charge on any atom is 0.335 e. The zero-order chi connectivity index (χ0) is 16.7. The van der Waals surface area contributed by atoms with Crippen LogP contribution in [0.15, 0.2) is 24.3 Å². The molecule has 2 fully saturated rings. The number of carbonyl (C=O) groups is 2. The van der Waals surface area contributed by atoms with E-state index in [4.69, 9.17) is 9.84 Å². The van der Waals surface area contributed by atoms with Crippen LogP contribution in [0.1, 0.15) is 60.2 Å². The van der Waals surface area contributed by atoms with Crippen molar-refractivity contribution >= 4 is 11.9 Å². The number of rotatable bonds is 2. The first-order valence-corrected chi connectivity index (χ1v) is 8.13. The van der Waals surface area contributed by atoms with E-state index in [1.54, 1.807) is 12.1 Å². The first-order valence-electron chi connectivity index (χ1n) is 8.13. The largest absolute Gasteiger partial charge is 0.478 e. The summed E-state index contributed by atoms with van der Waals surface area (Å²) >= 11 is 0. The third-order valence-electron chi connectivity index (χ3n) is 4.70. The van der Waals surface area contributed by atoms with E-state index in [0.29, 0.717) is 18.7 Å². The van der Waals surface area contributed by atoms with Crippen molar-refractivity contribution in [2.45, 2.75) is 50.7 Å². The molecule has 23 heavy (non-hydrogen) atoms. The molecule has 1 aliphatic heterocycles. The van der Waals surface area contributed by atoms with Gasteiger partial charge in [0.1, 0.15) is 0 Å². The molecule has 0 aromatic heterocycles. The topological polar surface area (TPSA) is 66.8 Å². The van der Waals surface area contributed by atoms with Gasteiger partial charge in [0.25, 0.3) is 5.91 Å². The van der Waals surface area contributed by atoms with Gasteiger partial charge in [-0.2, -0.15) is 0 Å². The van der Waals surface area contributed by atoms with Crippen LogP contribution in [0.3, 0.4) is 0 Å². The third kappa shape index (κ3) is 3.24. The second-order valence-corrected chi connectivity index (χ2v) is 7.30. The van der Waals surface area contributed by atoms with Crippen LogP contribution in [0, 0.1) is 0 Å². The summed E-state index contributed by atoms with van der Waals surface area (Å²) in [4.78, 5) is 25.8. The zero-order valence-electron chi connectivity index (χ0n) is 13.7. The Bertz CT molecular complexity index is 632. The Labute approximate surface area is 136 Å². The molecule has 3 rings (SSSR count). The van der Waals surface area contributed by atoms with Crippen molar-refractivity contribution in [2.75, 3.05) is 13.1 Å². The minimum absolute atomic E-state index is 0.115. The highest BCUT2D eigenvalue weighted by atomic mass is 16.5. The summed E-state index contributed by atoms with van der Waals surface area (Å²) in [6.07, 6.45) is 4.23. The Morgan fingerprint density at radius 2 is 1.78 bits per heavy atom. The van der Waals surface area contributed by atoms with Gasteiger partial charge in [-0.3, -0.25) is 4.79 Å². The van der Waals surface area contributed by atoms with Gasteiger partial charge >= 0.3 is 5.97 Å². The fourth-order valence-electron chi connectivity index (χ4n) is 3.90. The van der Waals surface area contributed by atoms with E-state index in [9.17, 15) is 9.59 Å². The van der Waals surface area contributed by atoms with Crippen LogP contribution in [0.2, 0.25) is 0 Å². The van der Waals surface area contributed by atoms with Gasteiger partial charge in [0, 0.05) is 12.1 Å². The van der Waals surface area contributed by atoms with Gasteiger partial charge in [-0.1, -0.05) is 18.9 Å². The number of hydrogen-bond acceptors (Lipinski definition) is 3. The summed E-state index contributed by atoms with van der Waals surface area (Å²) in [6, 6.07) is 6.25. The van der Waals surface area contributed by atoms with Crippen molar-refractivity contribution in [2.24, 2.45) is 0 Å². The Hall–Kier alpha value is -1.88. The molecule has 1 aliphatic carbocycles. The number of nitrogens with zero attached hydrogens (tertiary/aromatic N) is 1. The second-order valence-electron chi connectivity index (χ2n) is 7.30. The minimum atomic E-state index is -1.02. The summed E-state index contributed by atoms with van der Waals surface area (Å²) in [5, 5.41) is 9.11. The molecule has 0 radical (unpaired) electrons. The summed E-state index contributed by atoms with van der Waals surface area (Å²) in [7, 11) is 0. The van der Waals surface area contributed by atoms with E-state index < -0.39 is 5.97 Å². The molecule has 2 aliphatic rings. The minimum Gasteiger partial charge on any atom is -0.478 e. The molecule has 124 valence electrons. The summed E-state index contributed by atoms with van der Waals surface area (Å²) < 4.78 is 6.31. The second kappa shape index (κ2) is 5.64. The van der Waals surface area contributed by atoms with Crippen molar-refractivity contribution in [3.05, 3.63) is 35.4 Å². The Morgan fingerprint density at radius 3 is 2.43 bits per heavy atom. The SMILES string of the molecule is CC1(C)CN(C(=O)c2cccc(C(=O)O)c2)CC2(CCCC2)O1. The number of benzene rings is 1. The zero-order valence-corrected chi connectivity index (χ0v) is 13.7. The predicted octanol–water partition coefficient (Wildman–Crippen LogP) is 2.95. The lowest BCUT2D eigenvalue weighted by molar-refractivity contribution is -0.184. The van der Waals surface area contributed by atoms with Gasteiger partial charge in [0.2, 0.25) is 0 Å². The van der Waals surface area contributed by atoms with E-state index in [1.165, 1.54) is 12.1 Å². The van der Waals surface area contributed by atoms with Gasteiger partial charge in [-0.15, -0.1) is 0 Å². The maximum absolute atomic E-state index is 12.9. The van der Waals surface area contributed by atoms with Crippen molar-refractivity contribution in [1.29, 1.82) is 0 Å². The molecule has 5 nitrogen and oxygen atoms in total. The van der Waals surface area contributed by atoms with Gasteiger partial charge < -0.3 is 14.7 Å².